The van der Waals surface area contributed by atoms with Crippen LogP contribution < -0.4 is 11.1 Å². The van der Waals surface area contributed by atoms with Crippen molar-refractivity contribution >= 4 is 11.6 Å². The molecule has 0 radical (unpaired) electrons. The van der Waals surface area contributed by atoms with Crippen LogP contribution in [0.5, 0.6) is 0 Å². The molecular weight excluding hydrogens is 220 g/mol. The van der Waals surface area contributed by atoms with Crippen molar-refractivity contribution in [2.75, 3.05) is 31.3 Å². The van der Waals surface area contributed by atoms with Gasteiger partial charge in [0.25, 0.3) is 0 Å². The van der Waals surface area contributed by atoms with E-state index in [4.69, 9.17) is 15.6 Å². The van der Waals surface area contributed by atoms with Gasteiger partial charge in [-0.2, -0.15) is 0 Å². The van der Waals surface area contributed by atoms with Crippen LogP contribution >= 0.6 is 0 Å². The molecule has 1 heterocycles. The van der Waals surface area contributed by atoms with Crippen LogP contribution in [0.2, 0.25) is 0 Å². The molecule has 0 aromatic carbocycles. The fourth-order valence-electron chi connectivity index (χ4n) is 1.40. The highest BCUT2D eigenvalue weighted by Crippen LogP contribution is 2.10. The standard InChI is InChI=1S/C11H20N4O2/c1-8(3-4-16)6-13-10-5-9(12)14-11(15-10)7-17-2/h5,8,16H,3-4,6-7H2,1-2H3,(H3,12,13,14,15). The van der Waals surface area contributed by atoms with Crippen molar-refractivity contribution in [3.63, 3.8) is 0 Å². The van der Waals surface area contributed by atoms with E-state index < -0.39 is 0 Å². The Hall–Kier alpha value is -1.40. The summed E-state index contributed by atoms with van der Waals surface area (Å²) in [6, 6.07) is 1.69. The number of aliphatic hydroxyl groups excluding tert-OH is 1. The lowest BCUT2D eigenvalue weighted by atomic mass is 10.1. The molecule has 0 saturated carbocycles. The van der Waals surface area contributed by atoms with Crippen molar-refractivity contribution in [1.29, 1.82) is 0 Å². The highest BCUT2D eigenvalue weighted by atomic mass is 16.5. The van der Waals surface area contributed by atoms with E-state index >= 15 is 0 Å². The molecule has 1 atom stereocenters. The number of rotatable bonds is 7. The quantitative estimate of drug-likeness (QED) is 0.647. The maximum Gasteiger partial charge on any atom is 0.158 e. The van der Waals surface area contributed by atoms with Crippen molar-refractivity contribution < 1.29 is 9.84 Å². The molecule has 6 nitrogen and oxygen atoms in total. The third-order valence-corrected chi connectivity index (χ3v) is 2.32. The Morgan fingerprint density at radius 2 is 2.29 bits per heavy atom. The van der Waals surface area contributed by atoms with Gasteiger partial charge in [0, 0.05) is 26.3 Å². The van der Waals surface area contributed by atoms with Gasteiger partial charge in [0.15, 0.2) is 5.82 Å². The van der Waals surface area contributed by atoms with E-state index in [-0.39, 0.29) is 6.61 Å². The summed E-state index contributed by atoms with van der Waals surface area (Å²) in [6.07, 6.45) is 0.762. The summed E-state index contributed by atoms with van der Waals surface area (Å²) < 4.78 is 4.96. The lowest BCUT2D eigenvalue weighted by Crippen LogP contribution is -2.14. The molecule has 4 N–H and O–H groups in total. The molecule has 0 amide bonds. The Labute approximate surface area is 101 Å². The third-order valence-electron chi connectivity index (χ3n) is 2.32. The van der Waals surface area contributed by atoms with Crippen LogP contribution in [0.25, 0.3) is 0 Å². The fourth-order valence-corrected chi connectivity index (χ4v) is 1.40. The van der Waals surface area contributed by atoms with Gasteiger partial charge in [0.1, 0.15) is 18.2 Å². The Morgan fingerprint density at radius 3 is 2.94 bits per heavy atom. The molecule has 0 aliphatic rings. The van der Waals surface area contributed by atoms with Crippen molar-refractivity contribution in [2.45, 2.75) is 20.0 Å². The highest BCUT2D eigenvalue weighted by molar-refractivity contribution is 5.44. The van der Waals surface area contributed by atoms with E-state index in [1.54, 1.807) is 13.2 Å². The predicted octanol–water partition coefficient (Wildman–Crippen LogP) is 0.636. The van der Waals surface area contributed by atoms with Crippen LogP contribution in [0.4, 0.5) is 11.6 Å². The number of hydrogen-bond donors (Lipinski definition) is 3. The third kappa shape index (κ3) is 4.97. The predicted molar refractivity (Wildman–Crippen MR) is 66.5 cm³/mol. The molecule has 0 bridgehead atoms. The first-order valence-corrected chi connectivity index (χ1v) is 5.62. The Morgan fingerprint density at radius 1 is 1.53 bits per heavy atom. The SMILES string of the molecule is COCc1nc(N)cc(NCC(C)CCO)n1. The summed E-state index contributed by atoms with van der Waals surface area (Å²) in [5.41, 5.74) is 5.67. The van der Waals surface area contributed by atoms with Crippen molar-refractivity contribution in [3.05, 3.63) is 11.9 Å². The molecule has 1 aromatic rings. The van der Waals surface area contributed by atoms with E-state index in [0.717, 1.165) is 13.0 Å². The van der Waals surface area contributed by atoms with Crippen LogP contribution in [0.15, 0.2) is 6.07 Å². The van der Waals surface area contributed by atoms with Gasteiger partial charge in [0.05, 0.1) is 0 Å². The smallest absolute Gasteiger partial charge is 0.158 e. The highest BCUT2D eigenvalue weighted by Gasteiger charge is 2.05. The lowest BCUT2D eigenvalue weighted by molar-refractivity contribution is 0.178. The van der Waals surface area contributed by atoms with E-state index in [1.165, 1.54) is 0 Å². The van der Waals surface area contributed by atoms with Crippen LogP contribution in [-0.2, 0) is 11.3 Å². The summed E-state index contributed by atoms with van der Waals surface area (Å²) in [5, 5.41) is 12.0. The largest absolute Gasteiger partial charge is 0.396 e. The second-order valence-corrected chi connectivity index (χ2v) is 4.03. The molecule has 1 rings (SSSR count). The number of nitrogens with two attached hydrogens (primary N) is 1. The van der Waals surface area contributed by atoms with E-state index in [9.17, 15) is 0 Å². The number of anilines is 2. The summed E-state index contributed by atoms with van der Waals surface area (Å²) in [6.45, 7) is 3.34. The van der Waals surface area contributed by atoms with Crippen LogP contribution in [0.3, 0.4) is 0 Å². The molecule has 0 aliphatic carbocycles. The van der Waals surface area contributed by atoms with Gasteiger partial charge in [-0.05, 0) is 12.3 Å². The minimum atomic E-state index is 0.198. The molecule has 0 aliphatic heterocycles. The summed E-state index contributed by atoms with van der Waals surface area (Å²) in [5.74, 6) is 2.05. The minimum Gasteiger partial charge on any atom is -0.396 e. The average Bonchev–Trinajstić information content (AvgIpc) is 2.26. The number of aromatic nitrogens is 2. The maximum atomic E-state index is 8.80. The van der Waals surface area contributed by atoms with Gasteiger partial charge in [-0.15, -0.1) is 0 Å². The van der Waals surface area contributed by atoms with Crippen LogP contribution in [0, 0.1) is 5.92 Å². The van der Waals surface area contributed by atoms with Gasteiger partial charge in [-0.1, -0.05) is 6.92 Å². The number of hydrogen-bond acceptors (Lipinski definition) is 6. The summed E-state index contributed by atoms with van der Waals surface area (Å²) in [4.78, 5) is 8.31. The Balaban J connectivity index is 2.57. The molecule has 0 fully saturated rings. The molecule has 0 spiro atoms. The number of nitrogens with one attached hydrogen (secondary N) is 1. The number of nitrogens with zero attached hydrogens (tertiary/aromatic N) is 2. The zero-order valence-corrected chi connectivity index (χ0v) is 10.3. The number of aliphatic hydroxyl groups is 1. The van der Waals surface area contributed by atoms with Gasteiger partial charge in [-0.25, -0.2) is 9.97 Å². The van der Waals surface area contributed by atoms with E-state index in [2.05, 4.69) is 22.2 Å². The van der Waals surface area contributed by atoms with E-state index in [0.29, 0.717) is 30.0 Å². The van der Waals surface area contributed by atoms with Crippen LogP contribution in [0.1, 0.15) is 19.2 Å². The number of nitrogen functional groups attached to an aromatic ring is 1. The second kappa shape index (κ2) is 7.03. The molecule has 17 heavy (non-hydrogen) atoms. The van der Waals surface area contributed by atoms with Crippen molar-refractivity contribution in [3.8, 4) is 0 Å². The number of methoxy groups -OCH3 is 1. The van der Waals surface area contributed by atoms with Gasteiger partial charge in [-0.3, -0.25) is 0 Å². The Bertz CT molecular complexity index is 346. The van der Waals surface area contributed by atoms with Gasteiger partial charge in [0.2, 0.25) is 0 Å². The van der Waals surface area contributed by atoms with E-state index in [1.807, 2.05) is 0 Å². The van der Waals surface area contributed by atoms with Gasteiger partial charge >= 0.3 is 0 Å². The minimum absolute atomic E-state index is 0.198. The first-order chi connectivity index (χ1) is 8.15. The second-order valence-electron chi connectivity index (χ2n) is 4.03. The monoisotopic (exact) mass is 240 g/mol. The molecular formula is C11H20N4O2. The van der Waals surface area contributed by atoms with Gasteiger partial charge < -0.3 is 20.9 Å². The lowest BCUT2D eigenvalue weighted by Gasteiger charge is -2.12. The number of ether oxygens (including phenoxy) is 1. The molecule has 6 heteroatoms. The maximum absolute atomic E-state index is 8.80. The molecule has 0 saturated heterocycles. The van der Waals surface area contributed by atoms with Crippen molar-refractivity contribution in [2.24, 2.45) is 5.92 Å². The fraction of sp³-hybridized carbons (Fsp3) is 0.636. The normalized spacial score (nSPS) is 12.4. The first-order valence-electron chi connectivity index (χ1n) is 5.62. The molecule has 1 aromatic heterocycles. The zero-order chi connectivity index (χ0) is 12.7. The first kappa shape index (κ1) is 13.7. The summed E-state index contributed by atoms with van der Waals surface area (Å²) in [7, 11) is 1.59. The van der Waals surface area contributed by atoms with Crippen LogP contribution in [-0.4, -0.2) is 35.3 Å². The van der Waals surface area contributed by atoms with Crippen molar-refractivity contribution in [1.82, 2.24) is 9.97 Å². The molecule has 1 unspecified atom stereocenters. The zero-order valence-electron chi connectivity index (χ0n) is 10.3. The Kier molecular flexibility index (Phi) is 5.65. The average molecular weight is 240 g/mol. The molecule has 96 valence electrons. The summed E-state index contributed by atoms with van der Waals surface area (Å²) >= 11 is 0. The topological polar surface area (TPSA) is 93.3 Å².